The number of hydrogen-bond acceptors (Lipinski definition) is 6. The van der Waals surface area contributed by atoms with Gasteiger partial charge in [0, 0.05) is 25.6 Å². The van der Waals surface area contributed by atoms with Gasteiger partial charge in [0.05, 0.1) is 21.3 Å². The Hall–Kier alpha value is -2.64. The van der Waals surface area contributed by atoms with E-state index in [2.05, 4.69) is 0 Å². The molecule has 8 heteroatoms. The Morgan fingerprint density at radius 2 is 1.61 bits per heavy atom. The van der Waals surface area contributed by atoms with Crippen molar-refractivity contribution in [1.29, 1.82) is 0 Å². The van der Waals surface area contributed by atoms with Gasteiger partial charge in [-0.15, -0.1) is 0 Å². The van der Waals surface area contributed by atoms with Crippen LogP contribution in [0, 0.1) is 0 Å². The standard InChI is InChI=1S/C15H21NO7/c1-16(10(15(19)20)5-6-13(17)18)14-11(22-3)7-9(21-2)8-12(14)23-4/h7-8,10H,5-6H2,1-4H3,(H,17,18)(H,19,20)/t10-/m0/s1. The molecule has 0 aliphatic carbocycles. The van der Waals surface area contributed by atoms with E-state index in [0.717, 1.165) is 0 Å². The van der Waals surface area contributed by atoms with E-state index in [9.17, 15) is 14.7 Å². The Bertz CT molecular complexity index is 548. The molecule has 0 fully saturated rings. The molecule has 0 aromatic heterocycles. The molecule has 0 aliphatic rings. The number of anilines is 1. The molecule has 0 saturated heterocycles. The number of aliphatic carboxylic acids is 2. The summed E-state index contributed by atoms with van der Waals surface area (Å²) in [6, 6.07) is 2.16. The number of carboxylic acid groups (broad SMARTS) is 2. The van der Waals surface area contributed by atoms with E-state index in [4.69, 9.17) is 19.3 Å². The molecule has 1 atom stereocenters. The van der Waals surface area contributed by atoms with Gasteiger partial charge in [0.2, 0.25) is 0 Å². The fraction of sp³-hybridized carbons (Fsp3) is 0.467. The molecular formula is C15H21NO7. The van der Waals surface area contributed by atoms with Gasteiger partial charge in [-0.3, -0.25) is 4.79 Å². The largest absolute Gasteiger partial charge is 0.496 e. The molecule has 23 heavy (non-hydrogen) atoms. The van der Waals surface area contributed by atoms with Crippen LogP contribution in [0.25, 0.3) is 0 Å². The molecule has 1 aromatic carbocycles. The molecule has 0 unspecified atom stereocenters. The number of rotatable bonds is 9. The molecule has 8 nitrogen and oxygen atoms in total. The summed E-state index contributed by atoms with van der Waals surface area (Å²) in [5, 5.41) is 18.2. The zero-order valence-corrected chi connectivity index (χ0v) is 13.5. The minimum atomic E-state index is -1.13. The number of nitrogens with zero attached hydrogens (tertiary/aromatic N) is 1. The molecule has 2 N–H and O–H groups in total. The van der Waals surface area contributed by atoms with Crippen molar-refractivity contribution < 1.29 is 34.0 Å². The smallest absolute Gasteiger partial charge is 0.326 e. The molecule has 0 amide bonds. The lowest BCUT2D eigenvalue weighted by Crippen LogP contribution is -2.39. The lowest BCUT2D eigenvalue weighted by molar-refractivity contribution is -0.139. The second-order valence-electron chi connectivity index (χ2n) is 4.78. The topological polar surface area (TPSA) is 106 Å². The predicted octanol–water partition coefficient (Wildman–Crippen LogP) is 1.47. The van der Waals surface area contributed by atoms with Crippen LogP contribution >= 0.6 is 0 Å². The summed E-state index contributed by atoms with van der Waals surface area (Å²) in [4.78, 5) is 23.7. The van der Waals surface area contributed by atoms with Gasteiger partial charge >= 0.3 is 11.9 Å². The highest BCUT2D eigenvalue weighted by atomic mass is 16.5. The van der Waals surface area contributed by atoms with Crippen molar-refractivity contribution in [2.75, 3.05) is 33.3 Å². The van der Waals surface area contributed by atoms with Crippen LogP contribution < -0.4 is 19.1 Å². The fourth-order valence-electron chi connectivity index (χ4n) is 2.23. The second-order valence-corrected chi connectivity index (χ2v) is 4.78. The third-order valence-corrected chi connectivity index (χ3v) is 3.43. The van der Waals surface area contributed by atoms with Crippen LogP contribution in [0.1, 0.15) is 12.8 Å². The quantitative estimate of drug-likeness (QED) is 0.702. The summed E-state index contributed by atoms with van der Waals surface area (Å²) in [6.07, 6.45) is -0.318. The molecule has 0 bridgehead atoms. The Kier molecular flexibility index (Phi) is 6.49. The molecule has 128 valence electrons. The van der Waals surface area contributed by atoms with Gasteiger partial charge in [0.1, 0.15) is 29.0 Å². The highest BCUT2D eigenvalue weighted by molar-refractivity contribution is 5.82. The minimum absolute atomic E-state index is 0.0560. The Morgan fingerprint density at radius 3 is 1.96 bits per heavy atom. The summed E-state index contributed by atoms with van der Waals surface area (Å²) in [7, 11) is 5.93. The molecule has 0 heterocycles. The zero-order valence-electron chi connectivity index (χ0n) is 13.5. The number of likely N-dealkylation sites (N-methyl/N-ethyl adjacent to an activating group) is 1. The van der Waals surface area contributed by atoms with E-state index in [0.29, 0.717) is 22.9 Å². The maximum atomic E-state index is 11.5. The molecule has 1 aromatic rings. The van der Waals surface area contributed by atoms with Crippen LogP contribution in [0.4, 0.5) is 5.69 Å². The van der Waals surface area contributed by atoms with Gasteiger partial charge in [-0.1, -0.05) is 0 Å². The second kappa shape index (κ2) is 8.11. The number of methoxy groups -OCH3 is 3. The van der Waals surface area contributed by atoms with Crippen LogP contribution in [-0.4, -0.2) is 56.6 Å². The van der Waals surface area contributed by atoms with Crippen LogP contribution in [0.5, 0.6) is 17.2 Å². The Labute approximate surface area is 134 Å². The molecule has 1 rings (SSSR count). The van der Waals surface area contributed by atoms with Crippen molar-refractivity contribution in [2.45, 2.75) is 18.9 Å². The van der Waals surface area contributed by atoms with Crippen LogP contribution in [0.3, 0.4) is 0 Å². The van der Waals surface area contributed by atoms with Crippen LogP contribution in [0.15, 0.2) is 12.1 Å². The van der Waals surface area contributed by atoms with Crippen molar-refractivity contribution >= 4 is 17.6 Å². The summed E-state index contributed by atoms with van der Waals surface area (Å²) >= 11 is 0. The van der Waals surface area contributed by atoms with E-state index < -0.39 is 18.0 Å². The molecule has 0 spiro atoms. The fourth-order valence-corrected chi connectivity index (χ4v) is 2.23. The highest BCUT2D eigenvalue weighted by Gasteiger charge is 2.28. The van der Waals surface area contributed by atoms with Gasteiger partial charge in [0.15, 0.2) is 0 Å². The zero-order chi connectivity index (χ0) is 17.6. The van der Waals surface area contributed by atoms with Crippen molar-refractivity contribution in [3.05, 3.63) is 12.1 Å². The monoisotopic (exact) mass is 327 g/mol. The van der Waals surface area contributed by atoms with Gasteiger partial charge < -0.3 is 29.3 Å². The van der Waals surface area contributed by atoms with Gasteiger partial charge in [-0.05, 0) is 6.42 Å². The molecular weight excluding hydrogens is 306 g/mol. The first kappa shape index (κ1) is 18.4. The van der Waals surface area contributed by atoms with Gasteiger partial charge in [-0.25, -0.2) is 4.79 Å². The molecule has 0 radical (unpaired) electrons. The molecule has 0 saturated carbocycles. The van der Waals surface area contributed by atoms with Gasteiger partial charge in [-0.2, -0.15) is 0 Å². The first-order valence-corrected chi connectivity index (χ1v) is 6.83. The summed E-state index contributed by atoms with van der Waals surface area (Å²) < 4.78 is 15.7. The van der Waals surface area contributed by atoms with Crippen LogP contribution in [-0.2, 0) is 9.59 Å². The first-order valence-electron chi connectivity index (χ1n) is 6.83. The summed E-state index contributed by atoms with van der Waals surface area (Å²) in [5.74, 6) is -0.962. The van der Waals surface area contributed by atoms with E-state index in [1.54, 1.807) is 19.2 Å². The average Bonchev–Trinajstić information content (AvgIpc) is 2.52. The summed E-state index contributed by atoms with van der Waals surface area (Å²) in [6.45, 7) is 0. The first-order chi connectivity index (χ1) is 10.8. The van der Waals surface area contributed by atoms with E-state index >= 15 is 0 Å². The van der Waals surface area contributed by atoms with E-state index in [1.807, 2.05) is 0 Å². The number of ether oxygens (including phenoxy) is 3. The number of benzene rings is 1. The Morgan fingerprint density at radius 1 is 1.09 bits per heavy atom. The number of hydrogen-bond donors (Lipinski definition) is 2. The van der Waals surface area contributed by atoms with Crippen LogP contribution in [0.2, 0.25) is 0 Å². The van der Waals surface area contributed by atoms with Crippen molar-refractivity contribution in [3.63, 3.8) is 0 Å². The van der Waals surface area contributed by atoms with E-state index in [-0.39, 0.29) is 12.8 Å². The SMILES string of the molecule is COc1cc(OC)c(N(C)[C@@H](CCC(=O)O)C(=O)O)c(OC)c1. The van der Waals surface area contributed by atoms with E-state index in [1.165, 1.54) is 26.2 Å². The molecule has 0 aliphatic heterocycles. The Balaban J connectivity index is 3.29. The lowest BCUT2D eigenvalue weighted by atomic mass is 10.1. The maximum absolute atomic E-state index is 11.5. The third kappa shape index (κ3) is 4.41. The van der Waals surface area contributed by atoms with Crippen molar-refractivity contribution in [1.82, 2.24) is 0 Å². The lowest BCUT2D eigenvalue weighted by Gasteiger charge is -2.29. The highest BCUT2D eigenvalue weighted by Crippen LogP contribution is 2.42. The average molecular weight is 327 g/mol. The van der Waals surface area contributed by atoms with Crippen molar-refractivity contribution in [3.8, 4) is 17.2 Å². The summed E-state index contributed by atoms with van der Waals surface area (Å²) in [5.41, 5.74) is 0.411. The maximum Gasteiger partial charge on any atom is 0.326 e. The van der Waals surface area contributed by atoms with Crippen molar-refractivity contribution in [2.24, 2.45) is 0 Å². The third-order valence-electron chi connectivity index (χ3n) is 3.43. The predicted molar refractivity (Wildman–Crippen MR) is 82.8 cm³/mol. The number of carbonyl (C=O) groups is 2. The van der Waals surface area contributed by atoms with Gasteiger partial charge in [0.25, 0.3) is 0 Å². The number of carboxylic acids is 2. The minimum Gasteiger partial charge on any atom is -0.496 e. The normalized spacial score (nSPS) is 11.5.